The number of carbonyl (C=O) groups excluding carboxylic acids is 2. The van der Waals surface area contributed by atoms with Gasteiger partial charge in [-0.3, -0.25) is 14.6 Å². The molecule has 2 amide bonds. The molecule has 28 heavy (non-hydrogen) atoms. The summed E-state index contributed by atoms with van der Waals surface area (Å²) in [5, 5.41) is 15.7. The van der Waals surface area contributed by atoms with Gasteiger partial charge in [-0.25, -0.2) is 0 Å². The van der Waals surface area contributed by atoms with Crippen LogP contribution in [0.1, 0.15) is 50.5 Å². The Bertz CT molecular complexity index is 634. The monoisotopic (exact) mass is 389 g/mol. The van der Waals surface area contributed by atoms with Crippen molar-refractivity contribution in [1.29, 1.82) is 0 Å². The molecule has 0 radical (unpaired) electrons. The van der Waals surface area contributed by atoms with Crippen LogP contribution < -0.4 is 10.6 Å². The van der Waals surface area contributed by atoms with Crippen LogP contribution in [0.15, 0.2) is 24.5 Å². The van der Waals surface area contributed by atoms with Gasteiger partial charge in [0.05, 0.1) is 25.2 Å². The van der Waals surface area contributed by atoms with Crippen molar-refractivity contribution in [3.05, 3.63) is 30.1 Å². The van der Waals surface area contributed by atoms with E-state index in [9.17, 15) is 14.7 Å². The second-order valence-electron chi connectivity index (χ2n) is 7.82. The van der Waals surface area contributed by atoms with E-state index < -0.39 is 0 Å². The molecule has 0 spiro atoms. The number of aliphatic hydroxyl groups excluding tert-OH is 1. The average Bonchev–Trinajstić information content (AvgIpc) is 3.25. The molecule has 2 fully saturated rings. The summed E-state index contributed by atoms with van der Waals surface area (Å²) in [4.78, 5) is 28.3. The van der Waals surface area contributed by atoms with Crippen molar-refractivity contribution in [1.82, 2.24) is 15.6 Å². The van der Waals surface area contributed by atoms with Crippen LogP contribution in [0, 0.1) is 5.92 Å². The van der Waals surface area contributed by atoms with Gasteiger partial charge in [-0.15, -0.1) is 0 Å². The van der Waals surface area contributed by atoms with Crippen LogP contribution in [0.5, 0.6) is 0 Å². The summed E-state index contributed by atoms with van der Waals surface area (Å²) in [5.41, 5.74) is 0.933. The van der Waals surface area contributed by atoms with Crippen molar-refractivity contribution < 1.29 is 19.4 Å². The Kier molecular flexibility index (Phi) is 7.80. The van der Waals surface area contributed by atoms with E-state index in [1.807, 2.05) is 12.1 Å². The van der Waals surface area contributed by atoms with E-state index in [-0.39, 0.29) is 42.6 Å². The Hall–Kier alpha value is -1.99. The third-order valence-corrected chi connectivity index (χ3v) is 5.75. The van der Waals surface area contributed by atoms with Gasteiger partial charge in [-0.2, -0.15) is 0 Å². The zero-order chi connectivity index (χ0) is 19.8. The fraction of sp³-hybridized carbons (Fsp3) is 0.667. The lowest BCUT2D eigenvalue weighted by Gasteiger charge is -2.36. The number of hydrogen-bond donors (Lipinski definition) is 3. The second-order valence-corrected chi connectivity index (χ2v) is 7.82. The molecule has 0 unspecified atom stereocenters. The topological polar surface area (TPSA) is 101 Å². The van der Waals surface area contributed by atoms with Gasteiger partial charge in [0.2, 0.25) is 11.8 Å². The van der Waals surface area contributed by atoms with Gasteiger partial charge in [-0.05, 0) is 49.8 Å². The molecule has 1 aliphatic heterocycles. The fourth-order valence-corrected chi connectivity index (χ4v) is 4.12. The van der Waals surface area contributed by atoms with Crippen molar-refractivity contribution in [3.8, 4) is 0 Å². The number of amides is 2. The molecule has 1 aliphatic carbocycles. The highest BCUT2D eigenvalue weighted by Gasteiger charge is 2.33. The summed E-state index contributed by atoms with van der Waals surface area (Å²) in [6.45, 7) is 0.423. The molecule has 3 rings (SSSR count). The van der Waals surface area contributed by atoms with Crippen LogP contribution in [0.25, 0.3) is 0 Å². The lowest BCUT2D eigenvalue weighted by atomic mass is 9.96. The molecule has 0 bridgehead atoms. The Balaban J connectivity index is 1.37. The van der Waals surface area contributed by atoms with Gasteiger partial charge >= 0.3 is 0 Å². The average molecular weight is 389 g/mol. The minimum atomic E-state index is -0.378. The number of hydrogen-bond acceptors (Lipinski definition) is 5. The van der Waals surface area contributed by atoms with E-state index in [1.165, 1.54) is 0 Å². The van der Waals surface area contributed by atoms with Gasteiger partial charge in [-0.1, -0.05) is 12.8 Å². The molecular weight excluding hydrogens is 358 g/mol. The maximum Gasteiger partial charge on any atom is 0.224 e. The first-order valence-corrected chi connectivity index (χ1v) is 10.4. The molecule has 2 heterocycles. The first kappa shape index (κ1) is 20.7. The van der Waals surface area contributed by atoms with Crippen LogP contribution in [0.4, 0.5) is 0 Å². The molecule has 7 nitrogen and oxygen atoms in total. The highest BCUT2D eigenvalue weighted by Crippen LogP contribution is 2.26. The van der Waals surface area contributed by atoms with E-state index in [1.54, 1.807) is 12.4 Å². The maximum atomic E-state index is 12.4. The minimum absolute atomic E-state index is 0.0157. The SMILES string of the molecule is O=C(Cc1ccncc1)NCC[C@H]1CC[C@@H](NC(=O)C2CCCC2)[C@H](CO)O1. The van der Waals surface area contributed by atoms with Crippen LogP contribution in [-0.4, -0.2) is 53.3 Å². The standard InChI is InChI=1S/C21H31N3O4/c25-14-19-18(24-21(27)16-3-1-2-4-16)6-5-17(28-19)9-12-23-20(26)13-15-7-10-22-11-8-15/h7-8,10-11,16-19,25H,1-6,9,12-14H2,(H,23,26)(H,24,27)/t17-,18-,19+/m1/s1. The number of aromatic nitrogens is 1. The van der Waals surface area contributed by atoms with E-state index >= 15 is 0 Å². The summed E-state index contributed by atoms with van der Waals surface area (Å²) in [6.07, 6.45) is 9.77. The Morgan fingerprint density at radius 1 is 1.14 bits per heavy atom. The predicted octanol–water partition coefficient (Wildman–Crippen LogP) is 1.35. The molecule has 3 N–H and O–H groups in total. The van der Waals surface area contributed by atoms with Crippen LogP contribution in [-0.2, 0) is 20.7 Å². The third kappa shape index (κ3) is 6.01. The Morgan fingerprint density at radius 2 is 1.89 bits per heavy atom. The molecule has 2 aliphatic rings. The largest absolute Gasteiger partial charge is 0.394 e. The Labute approximate surface area is 166 Å². The lowest BCUT2D eigenvalue weighted by molar-refractivity contribution is -0.132. The summed E-state index contributed by atoms with van der Waals surface area (Å²) in [7, 11) is 0. The summed E-state index contributed by atoms with van der Waals surface area (Å²) in [5.74, 6) is 0.196. The van der Waals surface area contributed by atoms with Crippen molar-refractivity contribution in [2.24, 2.45) is 5.92 Å². The van der Waals surface area contributed by atoms with Gasteiger partial charge < -0.3 is 20.5 Å². The van der Waals surface area contributed by atoms with Crippen molar-refractivity contribution >= 4 is 11.8 Å². The van der Waals surface area contributed by atoms with Crippen LogP contribution in [0.2, 0.25) is 0 Å². The first-order chi connectivity index (χ1) is 13.7. The zero-order valence-corrected chi connectivity index (χ0v) is 16.3. The molecule has 3 atom stereocenters. The number of pyridine rings is 1. The number of aliphatic hydroxyl groups is 1. The zero-order valence-electron chi connectivity index (χ0n) is 16.3. The van der Waals surface area contributed by atoms with E-state index in [4.69, 9.17) is 4.74 Å². The minimum Gasteiger partial charge on any atom is -0.394 e. The van der Waals surface area contributed by atoms with Gasteiger partial charge in [0, 0.05) is 24.9 Å². The number of ether oxygens (including phenoxy) is 1. The predicted molar refractivity (Wildman–Crippen MR) is 104 cm³/mol. The van der Waals surface area contributed by atoms with Gasteiger partial charge in [0.15, 0.2) is 0 Å². The number of nitrogens with zero attached hydrogens (tertiary/aromatic N) is 1. The summed E-state index contributed by atoms with van der Waals surface area (Å²) < 4.78 is 5.99. The summed E-state index contributed by atoms with van der Waals surface area (Å²) >= 11 is 0. The highest BCUT2D eigenvalue weighted by molar-refractivity contribution is 5.79. The molecule has 0 aromatic carbocycles. The maximum absolute atomic E-state index is 12.4. The van der Waals surface area contributed by atoms with Crippen molar-refractivity contribution in [3.63, 3.8) is 0 Å². The molecule has 154 valence electrons. The number of rotatable bonds is 8. The molecule has 7 heteroatoms. The normalized spacial score (nSPS) is 25.4. The molecule has 1 saturated heterocycles. The molecule has 1 aromatic heterocycles. The molecule has 1 saturated carbocycles. The van der Waals surface area contributed by atoms with E-state index in [0.29, 0.717) is 19.4 Å². The Morgan fingerprint density at radius 3 is 2.61 bits per heavy atom. The van der Waals surface area contributed by atoms with Crippen molar-refractivity contribution in [2.75, 3.05) is 13.2 Å². The lowest BCUT2D eigenvalue weighted by Crippen LogP contribution is -2.52. The highest BCUT2D eigenvalue weighted by atomic mass is 16.5. The third-order valence-electron chi connectivity index (χ3n) is 5.75. The fourth-order valence-electron chi connectivity index (χ4n) is 4.12. The van der Waals surface area contributed by atoms with Gasteiger partial charge in [0.1, 0.15) is 6.10 Å². The smallest absolute Gasteiger partial charge is 0.224 e. The second kappa shape index (κ2) is 10.5. The molecular formula is C21H31N3O4. The van der Waals surface area contributed by atoms with Crippen molar-refractivity contribution in [2.45, 2.75) is 69.6 Å². The van der Waals surface area contributed by atoms with E-state index in [0.717, 1.165) is 44.1 Å². The summed E-state index contributed by atoms with van der Waals surface area (Å²) in [6, 6.07) is 3.53. The van der Waals surface area contributed by atoms with E-state index in [2.05, 4.69) is 15.6 Å². The molecule has 1 aromatic rings. The number of carbonyl (C=O) groups is 2. The van der Waals surface area contributed by atoms with Crippen LogP contribution in [0.3, 0.4) is 0 Å². The van der Waals surface area contributed by atoms with Crippen LogP contribution >= 0.6 is 0 Å². The quantitative estimate of drug-likeness (QED) is 0.623. The number of nitrogens with one attached hydrogen (secondary N) is 2. The van der Waals surface area contributed by atoms with Gasteiger partial charge in [0.25, 0.3) is 0 Å². The first-order valence-electron chi connectivity index (χ1n) is 10.4.